The van der Waals surface area contributed by atoms with Gasteiger partial charge in [0.15, 0.2) is 5.82 Å². The molecule has 0 fully saturated rings. The summed E-state index contributed by atoms with van der Waals surface area (Å²) in [4.78, 5) is 16.3. The average Bonchev–Trinajstić information content (AvgIpc) is 2.98. The molecule has 2 heterocycles. The van der Waals surface area contributed by atoms with Crippen LogP contribution in [0.3, 0.4) is 0 Å². The summed E-state index contributed by atoms with van der Waals surface area (Å²) < 4.78 is 0. The lowest BCUT2D eigenvalue weighted by atomic mass is 10.1. The summed E-state index contributed by atoms with van der Waals surface area (Å²) in [5, 5.41) is 15.9. The fraction of sp³-hybridized carbons (Fsp3) is 0.364. The highest BCUT2D eigenvalue weighted by Crippen LogP contribution is 2.11. The zero-order chi connectivity index (χ0) is 14.4. The second-order valence-electron chi connectivity index (χ2n) is 4.14. The molecule has 5 N–H and O–H groups in total. The van der Waals surface area contributed by atoms with Crippen molar-refractivity contribution >= 4 is 11.7 Å². The molecule has 0 aliphatic carbocycles. The summed E-state index contributed by atoms with van der Waals surface area (Å²) in [5.41, 5.74) is 3.76. The number of amides is 1. The first kappa shape index (κ1) is 13.9. The molecule has 0 saturated carbocycles. The first-order valence-corrected chi connectivity index (χ1v) is 6.21. The predicted molar refractivity (Wildman–Crippen MR) is 71.4 cm³/mol. The number of hydrogen-bond acceptors (Lipinski definition) is 7. The third-order valence-corrected chi connectivity index (χ3v) is 2.59. The molecule has 0 saturated heterocycles. The fourth-order valence-corrected chi connectivity index (χ4v) is 1.70. The highest BCUT2D eigenvalue weighted by Gasteiger charge is 2.10. The van der Waals surface area contributed by atoms with E-state index in [-0.39, 0.29) is 12.5 Å². The number of rotatable bonds is 6. The van der Waals surface area contributed by atoms with Crippen LogP contribution in [0.4, 0.5) is 5.82 Å². The summed E-state index contributed by atoms with van der Waals surface area (Å²) in [5.74, 6) is 5.99. The van der Waals surface area contributed by atoms with Crippen LogP contribution < -0.4 is 16.6 Å². The molecule has 2 aromatic heterocycles. The fourth-order valence-electron chi connectivity index (χ4n) is 1.70. The van der Waals surface area contributed by atoms with Crippen LogP contribution in [0.2, 0.25) is 0 Å². The molecular formula is C11H16N8O. The van der Waals surface area contributed by atoms with Gasteiger partial charge in [-0.25, -0.2) is 10.8 Å². The quantitative estimate of drug-likeness (QED) is 0.422. The van der Waals surface area contributed by atoms with Crippen molar-refractivity contribution in [2.24, 2.45) is 5.84 Å². The number of H-pyrrole nitrogens is 1. The number of nitrogen functional groups attached to an aromatic ring is 1. The van der Waals surface area contributed by atoms with E-state index in [1.807, 2.05) is 6.92 Å². The van der Waals surface area contributed by atoms with Crippen molar-refractivity contribution in [1.29, 1.82) is 0 Å². The van der Waals surface area contributed by atoms with Gasteiger partial charge in [0.25, 0.3) is 5.91 Å². The molecule has 0 atom stereocenters. The molecule has 9 heteroatoms. The molecule has 2 aromatic rings. The number of nitrogens with two attached hydrogens (primary N) is 1. The van der Waals surface area contributed by atoms with Crippen molar-refractivity contribution in [3.05, 3.63) is 29.2 Å². The summed E-state index contributed by atoms with van der Waals surface area (Å²) in [6, 6.07) is 3.33. The Morgan fingerprint density at radius 2 is 2.30 bits per heavy atom. The monoisotopic (exact) mass is 276 g/mol. The first-order valence-electron chi connectivity index (χ1n) is 6.21. The number of carbonyl (C=O) groups is 1. The van der Waals surface area contributed by atoms with E-state index in [9.17, 15) is 4.79 Å². The van der Waals surface area contributed by atoms with Crippen LogP contribution in [-0.2, 0) is 13.0 Å². The Balaban J connectivity index is 2.09. The predicted octanol–water partition coefficient (Wildman–Crippen LogP) is -0.237. The third kappa shape index (κ3) is 3.48. The largest absolute Gasteiger partial charge is 0.345 e. The molecule has 2 rings (SSSR count). The number of aromatic nitrogens is 5. The zero-order valence-electron chi connectivity index (χ0n) is 11.1. The lowest BCUT2D eigenvalue weighted by molar-refractivity contribution is 0.0949. The second-order valence-corrected chi connectivity index (χ2v) is 4.14. The summed E-state index contributed by atoms with van der Waals surface area (Å²) in [6.07, 6.45) is 1.71. The molecule has 20 heavy (non-hydrogen) atoms. The normalized spacial score (nSPS) is 10.3. The van der Waals surface area contributed by atoms with Crippen LogP contribution in [0.25, 0.3) is 0 Å². The third-order valence-electron chi connectivity index (χ3n) is 2.59. The van der Waals surface area contributed by atoms with Crippen molar-refractivity contribution in [2.45, 2.75) is 26.3 Å². The van der Waals surface area contributed by atoms with E-state index in [1.54, 1.807) is 12.1 Å². The number of nitrogens with zero attached hydrogens (tertiary/aromatic N) is 4. The van der Waals surface area contributed by atoms with Crippen LogP contribution >= 0.6 is 0 Å². The van der Waals surface area contributed by atoms with Gasteiger partial charge in [-0.1, -0.05) is 18.6 Å². The topological polar surface area (TPSA) is 134 Å². The van der Waals surface area contributed by atoms with Crippen LogP contribution in [0.15, 0.2) is 12.1 Å². The maximum atomic E-state index is 12.1. The Kier molecular flexibility index (Phi) is 4.56. The molecule has 0 spiro atoms. The minimum Gasteiger partial charge on any atom is -0.345 e. The van der Waals surface area contributed by atoms with Crippen molar-refractivity contribution < 1.29 is 4.79 Å². The molecule has 0 aromatic carbocycles. The summed E-state index contributed by atoms with van der Waals surface area (Å²) in [7, 11) is 0. The Morgan fingerprint density at radius 1 is 1.45 bits per heavy atom. The Labute approximate surface area is 115 Å². The van der Waals surface area contributed by atoms with Crippen LogP contribution in [0.5, 0.6) is 0 Å². The minimum absolute atomic E-state index is 0.201. The number of aromatic amines is 1. The van der Waals surface area contributed by atoms with E-state index in [0.717, 1.165) is 18.5 Å². The van der Waals surface area contributed by atoms with Gasteiger partial charge in [0.1, 0.15) is 5.82 Å². The number of hydrogen-bond donors (Lipinski definition) is 4. The highest BCUT2D eigenvalue weighted by atomic mass is 16.1. The van der Waals surface area contributed by atoms with Gasteiger partial charge in [-0.15, -0.1) is 10.2 Å². The first-order chi connectivity index (χ1) is 9.72. The molecule has 0 aliphatic rings. The zero-order valence-corrected chi connectivity index (χ0v) is 11.1. The van der Waals surface area contributed by atoms with Crippen LogP contribution in [-0.4, -0.2) is 31.5 Å². The highest BCUT2D eigenvalue weighted by molar-refractivity contribution is 5.94. The maximum Gasteiger partial charge on any atom is 0.251 e. The molecule has 0 bridgehead atoms. The number of hydrazine groups is 1. The number of tetrazole rings is 1. The van der Waals surface area contributed by atoms with E-state index in [2.05, 4.69) is 36.4 Å². The van der Waals surface area contributed by atoms with Gasteiger partial charge in [0, 0.05) is 11.3 Å². The van der Waals surface area contributed by atoms with Gasteiger partial charge in [-0.2, -0.15) is 5.21 Å². The lowest BCUT2D eigenvalue weighted by Crippen LogP contribution is -2.24. The second kappa shape index (κ2) is 6.57. The summed E-state index contributed by atoms with van der Waals surface area (Å²) in [6.45, 7) is 2.24. The number of anilines is 1. The van der Waals surface area contributed by atoms with Gasteiger partial charge < -0.3 is 10.7 Å². The van der Waals surface area contributed by atoms with E-state index in [1.165, 1.54) is 0 Å². The molecule has 0 radical (unpaired) electrons. The van der Waals surface area contributed by atoms with Gasteiger partial charge >= 0.3 is 0 Å². The van der Waals surface area contributed by atoms with Crippen LogP contribution in [0.1, 0.15) is 35.2 Å². The smallest absolute Gasteiger partial charge is 0.251 e. The Hall–Kier alpha value is -2.55. The number of aryl methyl sites for hydroxylation is 1. The van der Waals surface area contributed by atoms with E-state index < -0.39 is 0 Å². The van der Waals surface area contributed by atoms with Gasteiger partial charge in [0.2, 0.25) is 0 Å². The number of pyridine rings is 1. The molecular weight excluding hydrogens is 260 g/mol. The molecule has 106 valence electrons. The van der Waals surface area contributed by atoms with Crippen molar-refractivity contribution in [3.8, 4) is 0 Å². The maximum absolute atomic E-state index is 12.1. The minimum atomic E-state index is -0.244. The van der Waals surface area contributed by atoms with Crippen molar-refractivity contribution in [1.82, 2.24) is 30.9 Å². The Bertz CT molecular complexity index is 568. The van der Waals surface area contributed by atoms with E-state index >= 15 is 0 Å². The number of carbonyl (C=O) groups excluding carboxylic acids is 1. The average molecular weight is 276 g/mol. The molecule has 9 nitrogen and oxygen atoms in total. The van der Waals surface area contributed by atoms with Crippen molar-refractivity contribution in [2.75, 3.05) is 5.43 Å². The van der Waals surface area contributed by atoms with Gasteiger partial charge in [-0.05, 0) is 18.6 Å². The summed E-state index contributed by atoms with van der Waals surface area (Å²) >= 11 is 0. The van der Waals surface area contributed by atoms with Crippen LogP contribution in [0, 0.1) is 0 Å². The SMILES string of the molecule is CCCc1cc(C(=O)NCc2nn[nH]n2)cc(NN)n1. The Morgan fingerprint density at radius 3 is 2.95 bits per heavy atom. The van der Waals surface area contributed by atoms with E-state index in [4.69, 9.17) is 5.84 Å². The number of nitrogens with one attached hydrogen (secondary N) is 3. The lowest BCUT2D eigenvalue weighted by Gasteiger charge is -2.08. The van der Waals surface area contributed by atoms with E-state index in [0.29, 0.717) is 17.2 Å². The van der Waals surface area contributed by atoms with Crippen molar-refractivity contribution in [3.63, 3.8) is 0 Å². The standard InChI is InChI=1S/C11H16N8O/c1-2-3-8-4-7(5-9(14-8)15-12)11(20)13-6-10-16-18-19-17-10/h4-5H,2-3,6,12H2,1H3,(H,13,20)(H,14,15)(H,16,17,18,19). The molecule has 0 aliphatic heterocycles. The van der Waals surface area contributed by atoms with Gasteiger partial charge in [0.05, 0.1) is 6.54 Å². The molecule has 0 unspecified atom stereocenters. The molecule has 1 amide bonds. The van der Waals surface area contributed by atoms with Gasteiger partial charge in [-0.3, -0.25) is 4.79 Å².